The lowest BCUT2D eigenvalue weighted by Crippen LogP contribution is -2.10. The van der Waals surface area contributed by atoms with E-state index < -0.39 is 0 Å². The molecule has 2 saturated carbocycles. The largest absolute Gasteiger partial charge is 0.339 e. The molecule has 1 saturated heterocycles. The molecule has 1 spiro atoms. The maximum Gasteiger partial charge on any atom is 0.230 e. The van der Waals surface area contributed by atoms with E-state index in [1.165, 1.54) is 25.7 Å². The number of hydrogen-bond acceptors (Lipinski definition) is 4. The molecular formula is C12H18ClN3O. The van der Waals surface area contributed by atoms with Crippen LogP contribution in [0.3, 0.4) is 0 Å². The molecule has 1 aromatic heterocycles. The zero-order valence-corrected chi connectivity index (χ0v) is 10.6. The molecule has 1 aromatic rings. The molecule has 0 amide bonds. The Balaban J connectivity index is 0.000000902. The van der Waals surface area contributed by atoms with Gasteiger partial charge < -0.3 is 9.84 Å². The standard InChI is InChI=1S/C12H17N3O.ClH/c1-2-8(1)5-10-14-11(16-15-10)9-6-12(9)3-4-13-7-12;/h8-9,13H,1-7H2;1H. The summed E-state index contributed by atoms with van der Waals surface area (Å²) in [4.78, 5) is 4.57. The van der Waals surface area contributed by atoms with Gasteiger partial charge in [-0.15, -0.1) is 12.4 Å². The van der Waals surface area contributed by atoms with E-state index in [1.807, 2.05) is 0 Å². The Morgan fingerprint density at radius 1 is 1.41 bits per heavy atom. The quantitative estimate of drug-likeness (QED) is 0.897. The zero-order valence-electron chi connectivity index (χ0n) is 9.82. The zero-order chi connectivity index (χ0) is 10.6. The van der Waals surface area contributed by atoms with E-state index in [1.54, 1.807) is 0 Å². The van der Waals surface area contributed by atoms with Gasteiger partial charge in [0.2, 0.25) is 5.89 Å². The maximum atomic E-state index is 5.42. The summed E-state index contributed by atoms with van der Waals surface area (Å²) >= 11 is 0. The summed E-state index contributed by atoms with van der Waals surface area (Å²) in [6, 6.07) is 0. The Kier molecular flexibility index (Phi) is 2.67. The third-order valence-corrected chi connectivity index (χ3v) is 4.42. The second-order valence-electron chi connectivity index (χ2n) is 5.74. The molecule has 4 rings (SSSR count). The van der Waals surface area contributed by atoms with Crippen molar-refractivity contribution in [3.63, 3.8) is 0 Å². The molecule has 2 unspecified atom stereocenters. The van der Waals surface area contributed by atoms with E-state index in [0.29, 0.717) is 11.3 Å². The van der Waals surface area contributed by atoms with Gasteiger partial charge in [-0.3, -0.25) is 0 Å². The van der Waals surface area contributed by atoms with Gasteiger partial charge in [-0.1, -0.05) is 5.16 Å². The summed E-state index contributed by atoms with van der Waals surface area (Å²) in [6.07, 6.45) is 6.24. The SMILES string of the molecule is C1CC2(CN1)CC2c1nc(CC2CC2)no1.Cl. The Morgan fingerprint density at radius 3 is 3.00 bits per heavy atom. The molecule has 0 aromatic carbocycles. The first-order valence-corrected chi connectivity index (χ1v) is 6.39. The fourth-order valence-corrected chi connectivity index (χ4v) is 3.00. The van der Waals surface area contributed by atoms with Crippen LogP contribution in [0, 0.1) is 11.3 Å². The average molecular weight is 256 g/mol. The molecule has 5 heteroatoms. The molecule has 0 bridgehead atoms. The summed E-state index contributed by atoms with van der Waals surface area (Å²) in [6.45, 7) is 2.29. The molecular weight excluding hydrogens is 238 g/mol. The van der Waals surface area contributed by atoms with Gasteiger partial charge in [-0.2, -0.15) is 4.98 Å². The van der Waals surface area contributed by atoms with Crippen LogP contribution >= 0.6 is 12.4 Å². The first-order chi connectivity index (χ1) is 7.86. The van der Waals surface area contributed by atoms with Gasteiger partial charge in [0.05, 0.1) is 0 Å². The lowest BCUT2D eigenvalue weighted by Gasteiger charge is -2.02. The third-order valence-electron chi connectivity index (χ3n) is 4.42. The van der Waals surface area contributed by atoms with Crippen LogP contribution in [-0.2, 0) is 6.42 Å². The average Bonchev–Trinajstić information content (AvgIpc) is 3.07. The molecule has 2 heterocycles. The van der Waals surface area contributed by atoms with Crippen molar-refractivity contribution in [1.29, 1.82) is 0 Å². The third kappa shape index (κ3) is 1.97. The van der Waals surface area contributed by atoms with E-state index in [4.69, 9.17) is 4.52 Å². The molecule has 3 aliphatic rings. The van der Waals surface area contributed by atoms with Gasteiger partial charge >= 0.3 is 0 Å². The van der Waals surface area contributed by atoms with Crippen molar-refractivity contribution < 1.29 is 4.52 Å². The summed E-state index contributed by atoms with van der Waals surface area (Å²) in [7, 11) is 0. The highest BCUT2D eigenvalue weighted by molar-refractivity contribution is 5.85. The molecule has 4 nitrogen and oxygen atoms in total. The van der Waals surface area contributed by atoms with Crippen molar-refractivity contribution in [1.82, 2.24) is 15.5 Å². The molecule has 1 N–H and O–H groups in total. The van der Waals surface area contributed by atoms with Crippen molar-refractivity contribution in [3.05, 3.63) is 11.7 Å². The second kappa shape index (κ2) is 3.95. The minimum Gasteiger partial charge on any atom is -0.339 e. The number of aromatic nitrogens is 2. The van der Waals surface area contributed by atoms with Crippen LogP contribution in [0.4, 0.5) is 0 Å². The Labute approximate surface area is 107 Å². The number of hydrogen-bond donors (Lipinski definition) is 1. The van der Waals surface area contributed by atoms with Crippen LogP contribution in [0.15, 0.2) is 4.52 Å². The summed E-state index contributed by atoms with van der Waals surface area (Å²) in [5, 5.41) is 7.54. The molecule has 2 aliphatic carbocycles. The predicted molar refractivity (Wildman–Crippen MR) is 65.3 cm³/mol. The van der Waals surface area contributed by atoms with Crippen molar-refractivity contribution >= 4 is 12.4 Å². The molecule has 0 radical (unpaired) electrons. The van der Waals surface area contributed by atoms with E-state index >= 15 is 0 Å². The second-order valence-corrected chi connectivity index (χ2v) is 5.74. The van der Waals surface area contributed by atoms with Crippen LogP contribution in [-0.4, -0.2) is 23.2 Å². The van der Waals surface area contributed by atoms with Gasteiger partial charge in [-0.25, -0.2) is 0 Å². The fraction of sp³-hybridized carbons (Fsp3) is 0.833. The van der Waals surface area contributed by atoms with Crippen molar-refractivity contribution in [2.24, 2.45) is 11.3 Å². The van der Waals surface area contributed by atoms with Crippen molar-refractivity contribution in [2.45, 2.75) is 38.0 Å². The van der Waals surface area contributed by atoms with Gasteiger partial charge in [0.15, 0.2) is 5.82 Å². The summed E-state index contributed by atoms with van der Waals surface area (Å²) in [5.74, 6) is 3.22. The predicted octanol–water partition coefficient (Wildman–Crippen LogP) is 1.91. The van der Waals surface area contributed by atoms with Crippen LogP contribution in [0.25, 0.3) is 0 Å². The molecule has 1 aliphatic heterocycles. The highest BCUT2D eigenvalue weighted by Crippen LogP contribution is 2.62. The van der Waals surface area contributed by atoms with Crippen LogP contribution < -0.4 is 5.32 Å². The highest BCUT2D eigenvalue weighted by Gasteiger charge is 2.58. The van der Waals surface area contributed by atoms with Crippen molar-refractivity contribution in [2.75, 3.05) is 13.1 Å². The Bertz CT molecular complexity index is 410. The smallest absolute Gasteiger partial charge is 0.230 e. The minimum absolute atomic E-state index is 0. The maximum absolute atomic E-state index is 5.42. The first-order valence-electron chi connectivity index (χ1n) is 6.39. The molecule has 17 heavy (non-hydrogen) atoms. The van der Waals surface area contributed by atoms with Crippen molar-refractivity contribution in [3.8, 4) is 0 Å². The topological polar surface area (TPSA) is 51.0 Å². The van der Waals surface area contributed by atoms with E-state index in [-0.39, 0.29) is 12.4 Å². The first kappa shape index (κ1) is 11.5. The van der Waals surface area contributed by atoms with E-state index in [0.717, 1.165) is 37.1 Å². The van der Waals surface area contributed by atoms with Crippen LogP contribution in [0.5, 0.6) is 0 Å². The summed E-state index contributed by atoms with van der Waals surface area (Å²) in [5.41, 5.74) is 0.476. The minimum atomic E-state index is 0. The van der Waals surface area contributed by atoms with Gasteiger partial charge in [0.25, 0.3) is 0 Å². The molecule has 3 fully saturated rings. The fourth-order valence-electron chi connectivity index (χ4n) is 3.00. The van der Waals surface area contributed by atoms with E-state index in [2.05, 4.69) is 15.5 Å². The monoisotopic (exact) mass is 255 g/mol. The number of halogens is 1. The highest BCUT2D eigenvalue weighted by atomic mass is 35.5. The van der Waals surface area contributed by atoms with Gasteiger partial charge in [-0.05, 0) is 43.6 Å². The lowest BCUT2D eigenvalue weighted by molar-refractivity contribution is 0.358. The Hall–Kier alpha value is -0.610. The lowest BCUT2D eigenvalue weighted by atomic mass is 10.0. The molecule has 2 atom stereocenters. The van der Waals surface area contributed by atoms with Crippen LogP contribution in [0.1, 0.15) is 43.3 Å². The molecule has 94 valence electrons. The van der Waals surface area contributed by atoms with Crippen LogP contribution in [0.2, 0.25) is 0 Å². The number of nitrogens with zero attached hydrogens (tertiary/aromatic N) is 2. The summed E-state index contributed by atoms with van der Waals surface area (Å²) < 4.78 is 5.42. The number of nitrogens with one attached hydrogen (secondary N) is 1. The van der Waals surface area contributed by atoms with Gasteiger partial charge in [0.1, 0.15) is 0 Å². The van der Waals surface area contributed by atoms with E-state index in [9.17, 15) is 0 Å². The number of rotatable bonds is 3. The Morgan fingerprint density at radius 2 is 2.29 bits per heavy atom. The normalized spacial score (nSPS) is 34.9. The van der Waals surface area contributed by atoms with Gasteiger partial charge in [0, 0.05) is 18.9 Å².